The minimum atomic E-state index is -0.426. The summed E-state index contributed by atoms with van der Waals surface area (Å²) in [5.74, 6) is -0.340. The summed E-state index contributed by atoms with van der Waals surface area (Å²) in [6.07, 6.45) is 0. The van der Waals surface area contributed by atoms with Crippen molar-refractivity contribution in [3.8, 4) is 0 Å². The molecule has 0 aliphatic heterocycles. The van der Waals surface area contributed by atoms with Gasteiger partial charge in [-0.05, 0) is 0 Å². The van der Waals surface area contributed by atoms with Crippen LogP contribution in [0.3, 0.4) is 0 Å². The molecule has 0 fully saturated rings. The predicted octanol–water partition coefficient (Wildman–Crippen LogP) is -2.34. The van der Waals surface area contributed by atoms with Gasteiger partial charge >= 0.3 is 5.69 Å². The number of amides is 1. The molecule has 7 heteroatoms. The number of hydrogen-bond acceptors (Lipinski definition) is 4. The molecule has 1 heterocycles. The van der Waals surface area contributed by atoms with E-state index in [-0.39, 0.29) is 19.0 Å². The molecule has 0 bridgehead atoms. The lowest BCUT2D eigenvalue weighted by atomic mass is 10.3. The molecule has 0 saturated heterocycles. The van der Waals surface area contributed by atoms with Crippen molar-refractivity contribution in [2.75, 3.05) is 6.54 Å². The Bertz CT molecular complexity index is 514. The highest BCUT2D eigenvalue weighted by Crippen LogP contribution is 1.89. The third-order valence-corrected chi connectivity index (χ3v) is 2.28. The van der Waals surface area contributed by atoms with E-state index in [1.807, 2.05) is 0 Å². The van der Waals surface area contributed by atoms with Crippen LogP contribution in [0, 0.1) is 0 Å². The predicted molar refractivity (Wildman–Crippen MR) is 57.8 cm³/mol. The number of nitrogens with zero attached hydrogens (tertiary/aromatic N) is 2. The molecule has 3 N–H and O–H groups in total. The minimum absolute atomic E-state index is 0.109. The number of carbonyl (C=O) groups excluding carboxylic acids is 1. The fraction of sp³-hybridized carbons (Fsp3) is 0.444. The van der Waals surface area contributed by atoms with Crippen LogP contribution in [0.15, 0.2) is 15.7 Å². The average molecular weight is 226 g/mol. The molecule has 0 radical (unpaired) electrons. The first-order valence-corrected chi connectivity index (χ1v) is 4.70. The van der Waals surface area contributed by atoms with E-state index in [2.05, 4.69) is 5.32 Å². The SMILES string of the molecule is Cn1c(CNC(=O)CN)cc(=O)n(C)c1=O. The Morgan fingerprint density at radius 1 is 1.38 bits per heavy atom. The number of carbonyl (C=O) groups is 1. The highest BCUT2D eigenvalue weighted by Gasteiger charge is 2.06. The van der Waals surface area contributed by atoms with Crippen LogP contribution in [0.25, 0.3) is 0 Å². The van der Waals surface area contributed by atoms with Crippen molar-refractivity contribution >= 4 is 5.91 Å². The number of rotatable bonds is 3. The Morgan fingerprint density at radius 2 is 2.00 bits per heavy atom. The lowest BCUT2D eigenvalue weighted by Crippen LogP contribution is -2.40. The summed E-state index contributed by atoms with van der Waals surface area (Å²) in [4.78, 5) is 33.8. The van der Waals surface area contributed by atoms with Crippen molar-refractivity contribution in [3.05, 3.63) is 32.6 Å². The van der Waals surface area contributed by atoms with Gasteiger partial charge in [0.2, 0.25) is 5.91 Å². The van der Waals surface area contributed by atoms with Gasteiger partial charge in [-0.3, -0.25) is 18.7 Å². The quantitative estimate of drug-likeness (QED) is 0.603. The molecule has 16 heavy (non-hydrogen) atoms. The molecular formula is C9H14N4O3. The van der Waals surface area contributed by atoms with Gasteiger partial charge in [0, 0.05) is 25.9 Å². The van der Waals surface area contributed by atoms with Crippen molar-refractivity contribution in [1.82, 2.24) is 14.5 Å². The lowest BCUT2D eigenvalue weighted by molar-refractivity contribution is -0.119. The summed E-state index contributed by atoms with van der Waals surface area (Å²) in [5.41, 5.74) is 4.72. The molecule has 0 atom stereocenters. The van der Waals surface area contributed by atoms with Crippen LogP contribution < -0.4 is 22.3 Å². The Balaban J connectivity index is 3.03. The second-order valence-electron chi connectivity index (χ2n) is 3.36. The van der Waals surface area contributed by atoms with E-state index in [0.717, 1.165) is 4.57 Å². The summed E-state index contributed by atoms with van der Waals surface area (Å²) in [7, 11) is 2.93. The minimum Gasteiger partial charge on any atom is -0.349 e. The number of aromatic nitrogens is 2. The molecule has 0 aromatic carbocycles. The number of nitrogens with two attached hydrogens (primary N) is 1. The molecule has 1 aromatic rings. The van der Waals surface area contributed by atoms with Gasteiger partial charge in [-0.2, -0.15) is 0 Å². The second kappa shape index (κ2) is 4.75. The third kappa shape index (κ3) is 2.37. The van der Waals surface area contributed by atoms with Gasteiger partial charge in [0.25, 0.3) is 5.56 Å². The van der Waals surface area contributed by atoms with Crippen molar-refractivity contribution in [2.24, 2.45) is 19.8 Å². The van der Waals surface area contributed by atoms with E-state index < -0.39 is 11.2 Å². The maximum atomic E-state index is 11.5. The van der Waals surface area contributed by atoms with E-state index >= 15 is 0 Å². The van der Waals surface area contributed by atoms with Crippen molar-refractivity contribution in [3.63, 3.8) is 0 Å². The zero-order valence-corrected chi connectivity index (χ0v) is 9.19. The summed E-state index contributed by atoms with van der Waals surface area (Å²) >= 11 is 0. The van der Waals surface area contributed by atoms with Crippen molar-refractivity contribution in [1.29, 1.82) is 0 Å². The van der Waals surface area contributed by atoms with Crippen molar-refractivity contribution < 1.29 is 4.79 Å². The summed E-state index contributed by atoms with van der Waals surface area (Å²) in [5, 5.41) is 2.49. The van der Waals surface area contributed by atoms with Gasteiger partial charge < -0.3 is 11.1 Å². The van der Waals surface area contributed by atoms with Gasteiger partial charge in [0.15, 0.2) is 0 Å². The van der Waals surface area contributed by atoms with Gasteiger partial charge in [-0.15, -0.1) is 0 Å². The molecule has 0 saturated carbocycles. The van der Waals surface area contributed by atoms with Crippen LogP contribution in [0.5, 0.6) is 0 Å². The summed E-state index contributed by atoms with van der Waals surface area (Å²) < 4.78 is 2.30. The summed E-state index contributed by atoms with van der Waals surface area (Å²) in [6.45, 7) is -0.0172. The van der Waals surface area contributed by atoms with Crippen LogP contribution in [0.1, 0.15) is 5.69 Å². The van der Waals surface area contributed by atoms with E-state index in [9.17, 15) is 14.4 Å². The highest BCUT2D eigenvalue weighted by atomic mass is 16.2. The maximum Gasteiger partial charge on any atom is 0.330 e. The average Bonchev–Trinajstić information content (AvgIpc) is 2.28. The van der Waals surface area contributed by atoms with Crippen LogP contribution in [-0.2, 0) is 25.4 Å². The molecule has 0 unspecified atom stereocenters. The zero-order chi connectivity index (χ0) is 12.3. The molecule has 88 valence electrons. The monoisotopic (exact) mass is 226 g/mol. The van der Waals surface area contributed by atoms with Gasteiger partial charge in [0.05, 0.1) is 13.1 Å². The van der Waals surface area contributed by atoms with E-state index in [1.165, 1.54) is 24.7 Å². The topological polar surface area (TPSA) is 99.1 Å². The van der Waals surface area contributed by atoms with E-state index in [0.29, 0.717) is 5.69 Å². The van der Waals surface area contributed by atoms with Crippen LogP contribution in [-0.4, -0.2) is 21.6 Å². The maximum absolute atomic E-state index is 11.5. The van der Waals surface area contributed by atoms with Crippen LogP contribution >= 0.6 is 0 Å². The van der Waals surface area contributed by atoms with Gasteiger partial charge in [-0.1, -0.05) is 0 Å². The first-order chi connectivity index (χ1) is 7.47. The van der Waals surface area contributed by atoms with Crippen molar-refractivity contribution in [2.45, 2.75) is 6.54 Å². The smallest absolute Gasteiger partial charge is 0.330 e. The Morgan fingerprint density at radius 3 is 2.56 bits per heavy atom. The number of nitrogens with one attached hydrogen (secondary N) is 1. The molecule has 1 aromatic heterocycles. The molecule has 1 amide bonds. The molecule has 1 rings (SSSR count). The van der Waals surface area contributed by atoms with E-state index in [1.54, 1.807) is 0 Å². The largest absolute Gasteiger partial charge is 0.349 e. The molecule has 0 spiro atoms. The number of hydrogen-bond donors (Lipinski definition) is 2. The van der Waals surface area contributed by atoms with Gasteiger partial charge in [-0.25, -0.2) is 4.79 Å². The molecule has 0 aliphatic rings. The Kier molecular flexibility index (Phi) is 3.62. The Labute approximate surface area is 91.5 Å². The fourth-order valence-corrected chi connectivity index (χ4v) is 1.21. The molecular weight excluding hydrogens is 212 g/mol. The first-order valence-electron chi connectivity index (χ1n) is 4.70. The normalized spacial score (nSPS) is 10.2. The van der Waals surface area contributed by atoms with Crippen LogP contribution in [0.2, 0.25) is 0 Å². The summed E-state index contributed by atoms with van der Waals surface area (Å²) in [6, 6.07) is 1.30. The third-order valence-electron chi connectivity index (χ3n) is 2.28. The zero-order valence-electron chi connectivity index (χ0n) is 9.19. The highest BCUT2D eigenvalue weighted by molar-refractivity contribution is 5.77. The molecule has 7 nitrogen and oxygen atoms in total. The Hall–Kier alpha value is -1.89. The standard InChI is InChI=1S/C9H14N4O3/c1-12-6(5-11-7(14)4-10)3-8(15)13(2)9(12)16/h3H,4-5,10H2,1-2H3,(H,11,14). The van der Waals surface area contributed by atoms with Crippen LogP contribution in [0.4, 0.5) is 0 Å². The van der Waals surface area contributed by atoms with E-state index in [4.69, 9.17) is 5.73 Å². The second-order valence-corrected chi connectivity index (χ2v) is 3.36. The van der Waals surface area contributed by atoms with Gasteiger partial charge in [0.1, 0.15) is 0 Å². The first kappa shape index (κ1) is 12.2. The fourth-order valence-electron chi connectivity index (χ4n) is 1.21. The lowest BCUT2D eigenvalue weighted by Gasteiger charge is -2.09. The molecule has 0 aliphatic carbocycles.